The highest BCUT2D eigenvalue weighted by molar-refractivity contribution is 4.86. The van der Waals surface area contributed by atoms with Gasteiger partial charge in [-0.3, -0.25) is 0 Å². The van der Waals surface area contributed by atoms with E-state index < -0.39 is 0 Å². The number of aromatic nitrogens is 2. The smallest absolute Gasteiger partial charge is 0.228 e. The first-order chi connectivity index (χ1) is 5.76. The van der Waals surface area contributed by atoms with E-state index >= 15 is 0 Å². The minimum absolute atomic E-state index is 0.435. The van der Waals surface area contributed by atoms with Crippen LogP contribution in [0.1, 0.15) is 25.1 Å². The quantitative estimate of drug-likeness (QED) is 0.728. The molecular formula is C8H15N3O. The van der Waals surface area contributed by atoms with Gasteiger partial charge in [0.15, 0.2) is 5.82 Å². The van der Waals surface area contributed by atoms with Crippen molar-refractivity contribution in [1.29, 1.82) is 0 Å². The average molecular weight is 169 g/mol. The maximum Gasteiger partial charge on any atom is 0.228 e. The van der Waals surface area contributed by atoms with Crippen LogP contribution in [0.5, 0.6) is 0 Å². The van der Waals surface area contributed by atoms with Gasteiger partial charge < -0.3 is 9.84 Å². The van der Waals surface area contributed by atoms with Gasteiger partial charge in [0.25, 0.3) is 0 Å². The fourth-order valence-corrected chi connectivity index (χ4v) is 1.08. The van der Waals surface area contributed by atoms with Crippen molar-refractivity contribution in [2.75, 3.05) is 7.05 Å². The SMILES string of the molecule is CCC(Cc1nc(C)no1)NC. The molecule has 4 heteroatoms. The van der Waals surface area contributed by atoms with Gasteiger partial charge in [0, 0.05) is 12.5 Å². The van der Waals surface area contributed by atoms with E-state index in [4.69, 9.17) is 4.52 Å². The Morgan fingerprint density at radius 2 is 2.33 bits per heavy atom. The van der Waals surface area contributed by atoms with Crippen LogP contribution in [0.15, 0.2) is 4.52 Å². The summed E-state index contributed by atoms with van der Waals surface area (Å²) in [6, 6.07) is 0.435. The van der Waals surface area contributed by atoms with Crippen molar-refractivity contribution in [3.8, 4) is 0 Å². The molecule has 0 aliphatic rings. The van der Waals surface area contributed by atoms with Gasteiger partial charge in [-0.1, -0.05) is 12.1 Å². The molecule has 1 unspecified atom stereocenters. The maximum absolute atomic E-state index is 5.00. The topological polar surface area (TPSA) is 51.0 Å². The number of rotatable bonds is 4. The Hall–Kier alpha value is -0.900. The Morgan fingerprint density at radius 1 is 1.58 bits per heavy atom. The molecule has 1 aromatic rings. The highest BCUT2D eigenvalue weighted by atomic mass is 16.5. The number of hydrogen-bond acceptors (Lipinski definition) is 4. The minimum atomic E-state index is 0.435. The van der Waals surface area contributed by atoms with Crippen molar-refractivity contribution in [2.45, 2.75) is 32.7 Å². The third kappa shape index (κ3) is 2.30. The minimum Gasteiger partial charge on any atom is -0.339 e. The predicted molar refractivity (Wildman–Crippen MR) is 45.9 cm³/mol. The first kappa shape index (κ1) is 9.19. The second kappa shape index (κ2) is 4.21. The standard InChI is InChI=1S/C8H15N3O/c1-4-7(9-3)5-8-10-6(2)11-12-8/h7,9H,4-5H2,1-3H3. The molecule has 1 N–H and O–H groups in total. The molecule has 0 radical (unpaired) electrons. The van der Waals surface area contributed by atoms with Crippen LogP contribution in [-0.2, 0) is 6.42 Å². The van der Waals surface area contributed by atoms with E-state index in [2.05, 4.69) is 22.4 Å². The van der Waals surface area contributed by atoms with Crippen molar-refractivity contribution < 1.29 is 4.52 Å². The highest BCUT2D eigenvalue weighted by Crippen LogP contribution is 2.02. The second-order valence-corrected chi connectivity index (χ2v) is 2.83. The Balaban J connectivity index is 2.50. The van der Waals surface area contributed by atoms with E-state index in [1.807, 2.05) is 14.0 Å². The van der Waals surface area contributed by atoms with Gasteiger partial charge in [0.05, 0.1) is 0 Å². The molecule has 1 aromatic heterocycles. The summed E-state index contributed by atoms with van der Waals surface area (Å²) in [7, 11) is 1.94. The lowest BCUT2D eigenvalue weighted by Gasteiger charge is -2.09. The lowest BCUT2D eigenvalue weighted by Crippen LogP contribution is -2.26. The summed E-state index contributed by atoms with van der Waals surface area (Å²) in [5.74, 6) is 1.42. The van der Waals surface area contributed by atoms with Crippen LogP contribution in [0.3, 0.4) is 0 Å². The molecule has 12 heavy (non-hydrogen) atoms. The van der Waals surface area contributed by atoms with Crippen molar-refractivity contribution in [1.82, 2.24) is 15.5 Å². The maximum atomic E-state index is 5.00. The van der Waals surface area contributed by atoms with E-state index in [-0.39, 0.29) is 0 Å². The molecule has 0 saturated heterocycles. The van der Waals surface area contributed by atoms with Crippen LogP contribution >= 0.6 is 0 Å². The Kier molecular flexibility index (Phi) is 3.22. The molecule has 0 fully saturated rings. The number of aryl methyl sites for hydroxylation is 1. The molecule has 1 rings (SSSR count). The van der Waals surface area contributed by atoms with E-state index in [0.717, 1.165) is 12.8 Å². The summed E-state index contributed by atoms with van der Waals surface area (Å²) in [6.07, 6.45) is 1.88. The van der Waals surface area contributed by atoms with Crippen molar-refractivity contribution >= 4 is 0 Å². The number of nitrogens with one attached hydrogen (secondary N) is 1. The third-order valence-corrected chi connectivity index (χ3v) is 1.89. The second-order valence-electron chi connectivity index (χ2n) is 2.83. The van der Waals surface area contributed by atoms with Gasteiger partial charge in [-0.2, -0.15) is 4.98 Å². The lowest BCUT2D eigenvalue weighted by molar-refractivity contribution is 0.356. The van der Waals surface area contributed by atoms with Crippen molar-refractivity contribution in [2.24, 2.45) is 0 Å². The first-order valence-electron chi connectivity index (χ1n) is 4.22. The van der Waals surface area contributed by atoms with Crippen LogP contribution in [0.4, 0.5) is 0 Å². The molecule has 0 aliphatic carbocycles. The van der Waals surface area contributed by atoms with Crippen LogP contribution in [0, 0.1) is 6.92 Å². The summed E-state index contributed by atoms with van der Waals surface area (Å²) in [6.45, 7) is 3.96. The van der Waals surface area contributed by atoms with E-state index in [9.17, 15) is 0 Å². The van der Waals surface area contributed by atoms with Crippen molar-refractivity contribution in [3.05, 3.63) is 11.7 Å². The van der Waals surface area contributed by atoms with Crippen LogP contribution in [0.25, 0.3) is 0 Å². The van der Waals surface area contributed by atoms with E-state index in [1.165, 1.54) is 0 Å². The normalized spacial score (nSPS) is 13.2. The Morgan fingerprint density at radius 3 is 2.75 bits per heavy atom. The van der Waals surface area contributed by atoms with E-state index in [1.54, 1.807) is 0 Å². The zero-order chi connectivity index (χ0) is 8.97. The van der Waals surface area contributed by atoms with Crippen LogP contribution < -0.4 is 5.32 Å². The molecule has 4 nitrogen and oxygen atoms in total. The number of hydrogen-bond donors (Lipinski definition) is 1. The molecule has 1 heterocycles. The lowest BCUT2D eigenvalue weighted by atomic mass is 10.1. The zero-order valence-electron chi connectivity index (χ0n) is 7.79. The molecule has 0 spiro atoms. The summed E-state index contributed by atoms with van der Waals surface area (Å²) >= 11 is 0. The van der Waals surface area contributed by atoms with Gasteiger partial charge in [-0.25, -0.2) is 0 Å². The Bertz CT molecular complexity index is 230. The van der Waals surface area contributed by atoms with Gasteiger partial charge in [0.2, 0.25) is 5.89 Å². The Labute approximate surface area is 72.4 Å². The molecule has 0 aromatic carbocycles. The van der Waals surface area contributed by atoms with Gasteiger partial charge in [-0.15, -0.1) is 0 Å². The molecular weight excluding hydrogens is 154 g/mol. The van der Waals surface area contributed by atoms with Crippen LogP contribution in [0.2, 0.25) is 0 Å². The van der Waals surface area contributed by atoms with Crippen LogP contribution in [-0.4, -0.2) is 23.2 Å². The first-order valence-corrected chi connectivity index (χ1v) is 4.22. The fraction of sp³-hybridized carbons (Fsp3) is 0.750. The molecule has 0 saturated carbocycles. The largest absolute Gasteiger partial charge is 0.339 e. The molecule has 68 valence electrons. The van der Waals surface area contributed by atoms with Gasteiger partial charge in [0.1, 0.15) is 0 Å². The molecule has 0 amide bonds. The number of likely N-dealkylation sites (N-methyl/N-ethyl adjacent to an activating group) is 1. The number of nitrogens with zero attached hydrogens (tertiary/aromatic N) is 2. The summed E-state index contributed by atoms with van der Waals surface area (Å²) < 4.78 is 5.00. The summed E-state index contributed by atoms with van der Waals surface area (Å²) in [4.78, 5) is 4.13. The van der Waals surface area contributed by atoms with E-state index in [0.29, 0.717) is 17.8 Å². The fourth-order valence-electron chi connectivity index (χ4n) is 1.08. The van der Waals surface area contributed by atoms with Gasteiger partial charge >= 0.3 is 0 Å². The zero-order valence-corrected chi connectivity index (χ0v) is 7.79. The molecule has 0 aliphatic heterocycles. The molecule has 0 bridgehead atoms. The summed E-state index contributed by atoms with van der Waals surface area (Å²) in [5, 5.41) is 6.91. The average Bonchev–Trinajstić information content (AvgIpc) is 2.47. The summed E-state index contributed by atoms with van der Waals surface area (Å²) in [5.41, 5.74) is 0. The molecule has 1 atom stereocenters. The highest BCUT2D eigenvalue weighted by Gasteiger charge is 2.09. The monoisotopic (exact) mass is 169 g/mol. The van der Waals surface area contributed by atoms with Gasteiger partial charge in [-0.05, 0) is 20.4 Å². The third-order valence-electron chi connectivity index (χ3n) is 1.89. The van der Waals surface area contributed by atoms with Crippen molar-refractivity contribution in [3.63, 3.8) is 0 Å². The predicted octanol–water partition coefficient (Wildman–Crippen LogP) is 0.919.